The molecule has 1 heterocycles. The van der Waals surface area contributed by atoms with E-state index in [1.807, 2.05) is 0 Å². The van der Waals surface area contributed by atoms with Crippen LogP contribution in [0.3, 0.4) is 0 Å². The van der Waals surface area contributed by atoms with Crippen molar-refractivity contribution in [3.8, 4) is 23.0 Å². The number of methoxy groups -OCH3 is 3. The van der Waals surface area contributed by atoms with E-state index in [4.69, 9.17) is 23.4 Å². The number of hydrogen-bond donors (Lipinski definition) is 1. The molecule has 0 aliphatic heterocycles. The number of furan rings is 1. The molecule has 31 heavy (non-hydrogen) atoms. The maximum Gasteiger partial charge on any atom is 0.280 e. The van der Waals surface area contributed by atoms with Gasteiger partial charge in [0.15, 0.2) is 0 Å². The standard InChI is InChI=1S/C21H22N2O7S/c1-26-15-4-6-16(7-5-15)29-14-19-9-8-18(30-19)13-22-23-31(24,25)21-11-10-17(27-2)12-20(21)28-3/h4-13,23H,14H2,1-3H3. The van der Waals surface area contributed by atoms with Crippen molar-refractivity contribution in [1.29, 1.82) is 0 Å². The van der Waals surface area contributed by atoms with Gasteiger partial charge in [0.25, 0.3) is 10.0 Å². The SMILES string of the molecule is COc1ccc(OCc2ccc(C=NNS(=O)(=O)c3ccc(OC)cc3OC)o2)cc1. The van der Waals surface area contributed by atoms with Gasteiger partial charge in [-0.15, -0.1) is 0 Å². The van der Waals surface area contributed by atoms with E-state index < -0.39 is 10.0 Å². The first-order valence-electron chi connectivity index (χ1n) is 9.07. The first-order valence-corrected chi connectivity index (χ1v) is 10.6. The highest BCUT2D eigenvalue weighted by Crippen LogP contribution is 2.28. The van der Waals surface area contributed by atoms with Gasteiger partial charge >= 0.3 is 0 Å². The molecule has 1 N–H and O–H groups in total. The normalized spacial score (nSPS) is 11.3. The van der Waals surface area contributed by atoms with Crippen LogP contribution in [0.2, 0.25) is 0 Å². The zero-order valence-corrected chi connectivity index (χ0v) is 18.0. The van der Waals surface area contributed by atoms with Gasteiger partial charge in [-0.2, -0.15) is 18.4 Å². The minimum Gasteiger partial charge on any atom is -0.497 e. The van der Waals surface area contributed by atoms with Crippen LogP contribution in [0.1, 0.15) is 11.5 Å². The van der Waals surface area contributed by atoms with Crippen LogP contribution in [0, 0.1) is 0 Å². The van der Waals surface area contributed by atoms with E-state index in [1.165, 1.54) is 38.6 Å². The number of hydrogen-bond acceptors (Lipinski definition) is 8. The van der Waals surface area contributed by atoms with Crippen molar-refractivity contribution < 1.29 is 31.8 Å². The molecule has 0 bridgehead atoms. The van der Waals surface area contributed by atoms with E-state index >= 15 is 0 Å². The summed E-state index contributed by atoms with van der Waals surface area (Å²) in [6, 6.07) is 14.9. The summed E-state index contributed by atoms with van der Waals surface area (Å²) in [6.07, 6.45) is 1.25. The minimum atomic E-state index is -3.95. The summed E-state index contributed by atoms with van der Waals surface area (Å²) in [5.74, 6) is 2.92. The van der Waals surface area contributed by atoms with Gasteiger partial charge in [0.05, 0.1) is 27.5 Å². The van der Waals surface area contributed by atoms with Crippen molar-refractivity contribution in [3.63, 3.8) is 0 Å². The Balaban J connectivity index is 1.60. The van der Waals surface area contributed by atoms with E-state index in [-0.39, 0.29) is 17.3 Å². The van der Waals surface area contributed by atoms with Gasteiger partial charge in [0, 0.05) is 6.07 Å². The molecule has 0 aliphatic carbocycles. The van der Waals surface area contributed by atoms with Crippen molar-refractivity contribution in [1.82, 2.24) is 4.83 Å². The third-order valence-electron chi connectivity index (χ3n) is 4.15. The predicted octanol–water partition coefficient (Wildman–Crippen LogP) is 3.20. The van der Waals surface area contributed by atoms with Crippen molar-refractivity contribution >= 4 is 16.2 Å². The first kappa shape index (κ1) is 22.0. The Labute approximate surface area is 180 Å². The summed E-state index contributed by atoms with van der Waals surface area (Å²) in [7, 11) is 0.492. The molecule has 9 nitrogen and oxygen atoms in total. The molecule has 0 atom stereocenters. The van der Waals surface area contributed by atoms with E-state index in [0.717, 1.165) is 5.75 Å². The number of nitrogens with one attached hydrogen (secondary N) is 1. The molecule has 0 radical (unpaired) electrons. The third-order valence-corrected chi connectivity index (χ3v) is 5.41. The van der Waals surface area contributed by atoms with E-state index in [9.17, 15) is 8.42 Å². The van der Waals surface area contributed by atoms with Crippen LogP contribution in [0.5, 0.6) is 23.0 Å². The fourth-order valence-electron chi connectivity index (χ4n) is 2.57. The van der Waals surface area contributed by atoms with Crippen molar-refractivity contribution in [2.75, 3.05) is 21.3 Å². The highest BCUT2D eigenvalue weighted by molar-refractivity contribution is 7.89. The summed E-state index contributed by atoms with van der Waals surface area (Å²) < 4.78 is 51.5. The predicted molar refractivity (Wildman–Crippen MR) is 113 cm³/mol. The van der Waals surface area contributed by atoms with Crippen molar-refractivity contribution in [3.05, 3.63) is 66.1 Å². The van der Waals surface area contributed by atoms with Crippen LogP contribution in [0.25, 0.3) is 0 Å². The summed E-state index contributed by atoms with van der Waals surface area (Å²) in [4.78, 5) is 2.06. The highest BCUT2D eigenvalue weighted by Gasteiger charge is 2.19. The fraction of sp³-hybridized carbons (Fsp3) is 0.190. The molecular formula is C21H22N2O7S. The average Bonchev–Trinajstić information content (AvgIpc) is 3.25. The van der Waals surface area contributed by atoms with Gasteiger partial charge in [-0.25, -0.2) is 0 Å². The Morgan fingerprint density at radius 2 is 1.58 bits per heavy atom. The van der Waals surface area contributed by atoms with Crippen LogP contribution >= 0.6 is 0 Å². The monoisotopic (exact) mass is 446 g/mol. The van der Waals surface area contributed by atoms with Gasteiger partial charge < -0.3 is 23.4 Å². The van der Waals surface area contributed by atoms with Crippen LogP contribution < -0.4 is 23.8 Å². The Morgan fingerprint density at radius 3 is 2.26 bits per heavy atom. The molecule has 0 unspecified atom stereocenters. The van der Waals surface area contributed by atoms with Gasteiger partial charge in [0.2, 0.25) is 0 Å². The quantitative estimate of drug-likeness (QED) is 0.376. The molecular weight excluding hydrogens is 424 g/mol. The number of benzene rings is 2. The lowest BCUT2D eigenvalue weighted by atomic mass is 10.3. The second-order valence-electron chi connectivity index (χ2n) is 6.14. The third kappa shape index (κ3) is 5.70. The van der Waals surface area contributed by atoms with Crippen molar-refractivity contribution in [2.24, 2.45) is 5.10 Å². The molecule has 3 rings (SSSR count). The maximum absolute atomic E-state index is 12.5. The summed E-state index contributed by atoms with van der Waals surface area (Å²) in [5.41, 5.74) is 0. The van der Waals surface area contributed by atoms with Crippen LogP contribution in [0.4, 0.5) is 0 Å². The summed E-state index contributed by atoms with van der Waals surface area (Å²) >= 11 is 0. The highest BCUT2D eigenvalue weighted by atomic mass is 32.2. The molecule has 0 spiro atoms. The first-order chi connectivity index (χ1) is 14.9. The molecule has 0 aliphatic rings. The minimum absolute atomic E-state index is 0.0685. The van der Waals surface area contributed by atoms with Gasteiger partial charge in [-0.3, -0.25) is 0 Å². The molecule has 2 aromatic carbocycles. The zero-order valence-electron chi connectivity index (χ0n) is 17.2. The summed E-state index contributed by atoms with van der Waals surface area (Å²) in [5, 5.41) is 3.76. The Morgan fingerprint density at radius 1 is 0.903 bits per heavy atom. The van der Waals surface area contributed by atoms with Crippen LogP contribution in [-0.2, 0) is 16.6 Å². The Bertz CT molecular complexity index is 1140. The van der Waals surface area contributed by atoms with E-state index in [2.05, 4.69) is 9.93 Å². The second kappa shape index (κ2) is 9.90. The Kier molecular flexibility index (Phi) is 7.03. The summed E-state index contributed by atoms with van der Waals surface area (Å²) in [6.45, 7) is 0.203. The topological polar surface area (TPSA) is 109 Å². The number of nitrogens with zero attached hydrogens (tertiary/aromatic N) is 1. The maximum atomic E-state index is 12.5. The lowest BCUT2D eigenvalue weighted by Crippen LogP contribution is -2.19. The van der Waals surface area contributed by atoms with Gasteiger partial charge in [-0.05, 0) is 48.5 Å². The molecule has 3 aromatic rings. The number of rotatable bonds is 10. The number of sulfonamides is 1. The lowest BCUT2D eigenvalue weighted by molar-refractivity contribution is 0.269. The van der Waals surface area contributed by atoms with E-state index in [1.54, 1.807) is 43.5 Å². The molecule has 1 aromatic heterocycles. The fourth-order valence-corrected chi connectivity index (χ4v) is 3.52. The molecule has 0 saturated carbocycles. The van der Waals surface area contributed by atoms with Crippen LogP contribution in [0.15, 0.2) is 69.0 Å². The largest absolute Gasteiger partial charge is 0.497 e. The van der Waals surface area contributed by atoms with Crippen LogP contribution in [-0.4, -0.2) is 36.0 Å². The molecule has 164 valence electrons. The van der Waals surface area contributed by atoms with E-state index in [0.29, 0.717) is 23.0 Å². The Hall–Kier alpha value is -3.66. The molecule has 0 amide bonds. The average molecular weight is 446 g/mol. The van der Waals surface area contributed by atoms with Gasteiger partial charge in [-0.1, -0.05) is 0 Å². The van der Waals surface area contributed by atoms with Crippen molar-refractivity contribution in [2.45, 2.75) is 11.5 Å². The molecule has 10 heteroatoms. The number of hydrazone groups is 1. The molecule has 0 saturated heterocycles. The molecule has 0 fully saturated rings. The second-order valence-corrected chi connectivity index (χ2v) is 7.77. The smallest absolute Gasteiger partial charge is 0.280 e. The zero-order chi connectivity index (χ0) is 22.3. The lowest BCUT2D eigenvalue weighted by Gasteiger charge is -2.10. The van der Waals surface area contributed by atoms with Gasteiger partial charge in [0.1, 0.15) is 46.0 Å². The number of ether oxygens (including phenoxy) is 4.